The monoisotopic (exact) mass is 399 g/mol. The molecule has 1 aromatic carbocycles. The molecule has 7 nitrogen and oxygen atoms in total. The van der Waals surface area contributed by atoms with Crippen LogP contribution in [0.1, 0.15) is 12.5 Å². The molecular formula is C18H13N3O4S2. The third kappa shape index (κ3) is 3.34. The number of ether oxygens (including phenoxy) is 2. The Morgan fingerprint density at radius 2 is 2.11 bits per heavy atom. The van der Waals surface area contributed by atoms with Gasteiger partial charge in [0.1, 0.15) is 0 Å². The van der Waals surface area contributed by atoms with Gasteiger partial charge in [-0.05, 0) is 35.2 Å². The number of hydrogen-bond acceptors (Lipinski definition) is 8. The average molecular weight is 399 g/mol. The number of nitrogens with zero attached hydrogens (tertiary/aromatic N) is 3. The molecule has 4 rings (SSSR count). The van der Waals surface area contributed by atoms with E-state index in [0.717, 1.165) is 10.4 Å². The third-order valence-electron chi connectivity index (χ3n) is 3.66. The van der Waals surface area contributed by atoms with Crippen LogP contribution in [-0.4, -0.2) is 27.7 Å². The highest BCUT2D eigenvalue weighted by atomic mass is 32.1. The van der Waals surface area contributed by atoms with E-state index < -0.39 is 5.97 Å². The Hall–Kier alpha value is -3.04. The van der Waals surface area contributed by atoms with E-state index in [-0.39, 0.29) is 5.56 Å². The molecule has 9 heteroatoms. The summed E-state index contributed by atoms with van der Waals surface area (Å²) >= 11 is 2.79. The Kier molecular flexibility index (Phi) is 4.46. The van der Waals surface area contributed by atoms with Gasteiger partial charge in [0.15, 0.2) is 17.3 Å². The number of thiazole rings is 1. The highest BCUT2D eigenvalue weighted by molar-refractivity contribution is 7.15. The van der Waals surface area contributed by atoms with Gasteiger partial charge in [0.25, 0.3) is 5.56 Å². The molecular weight excluding hydrogens is 386 g/mol. The molecule has 0 aliphatic rings. The number of esters is 1. The first-order valence-corrected chi connectivity index (χ1v) is 9.56. The number of carbonyl (C=O) groups excluding carboxylic acids is 1. The topological polar surface area (TPSA) is 82.8 Å². The number of methoxy groups -OCH3 is 1. The molecule has 0 aliphatic heterocycles. The van der Waals surface area contributed by atoms with E-state index in [4.69, 9.17) is 9.47 Å². The molecule has 136 valence electrons. The van der Waals surface area contributed by atoms with Gasteiger partial charge in [-0.25, -0.2) is 0 Å². The number of aromatic nitrogens is 3. The van der Waals surface area contributed by atoms with Gasteiger partial charge in [0, 0.05) is 6.92 Å². The zero-order chi connectivity index (χ0) is 19.0. The van der Waals surface area contributed by atoms with Crippen molar-refractivity contribution in [2.24, 2.45) is 0 Å². The maximum atomic E-state index is 12.6. The zero-order valence-corrected chi connectivity index (χ0v) is 16.0. The Balaban J connectivity index is 1.74. The van der Waals surface area contributed by atoms with Crippen molar-refractivity contribution in [2.45, 2.75) is 6.92 Å². The molecule has 3 heterocycles. The first kappa shape index (κ1) is 17.4. The van der Waals surface area contributed by atoms with Gasteiger partial charge >= 0.3 is 5.97 Å². The van der Waals surface area contributed by atoms with Crippen LogP contribution >= 0.6 is 22.7 Å². The second kappa shape index (κ2) is 6.93. The second-order valence-corrected chi connectivity index (χ2v) is 7.48. The Labute approximate surface area is 161 Å². The minimum absolute atomic E-state index is 0.228. The minimum atomic E-state index is -0.432. The summed E-state index contributed by atoms with van der Waals surface area (Å²) in [5.74, 6) is 0.852. The summed E-state index contributed by atoms with van der Waals surface area (Å²) < 4.78 is 12.2. The maximum Gasteiger partial charge on any atom is 0.308 e. The molecule has 0 radical (unpaired) electrons. The van der Waals surface area contributed by atoms with Crippen molar-refractivity contribution >= 4 is 39.7 Å². The average Bonchev–Trinajstić information content (AvgIpc) is 3.35. The summed E-state index contributed by atoms with van der Waals surface area (Å²) in [6.07, 6.45) is 1.73. The van der Waals surface area contributed by atoms with Crippen molar-refractivity contribution in [3.05, 3.63) is 56.2 Å². The first-order chi connectivity index (χ1) is 13.0. The van der Waals surface area contributed by atoms with Crippen molar-refractivity contribution in [1.82, 2.24) is 14.6 Å². The fourth-order valence-electron chi connectivity index (χ4n) is 2.51. The molecule has 0 spiro atoms. The number of benzene rings is 1. The molecule has 0 unspecified atom stereocenters. The van der Waals surface area contributed by atoms with Gasteiger partial charge in [0.2, 0.25) is 4.96 Å². The molecule has 0 fully saturated rings. The number of carbonyl (C=O) groups is 1. The fraction of sp³-hybridized carbons (Fsp3) is 0.111. The summed E-state index contributed by atoms with van der Waals surface area (Å²) in [6.45, 7) is 1.32. The van der Waals surface area contributed by atoms with Crippen LogP contribution in [0.25, 0.3) is 21.7 Å². The van der Waals surface area contributed by atoms with Crippen molar-refractivity contribution in [1.29, 1.82) is 0 Å². The molecule has 4 aromatic rings. The van der Waals surface area contributed by atoms with E-state index in [2.05, 4.69) is 10.1 Å². The number of rotatable bonds is 4. The number of thiophene rings is 1. The lowest BCUT2D eigenvalue weighted by molar-refractivity contribution is -0.132. The van der Waals surface area contributed by atoms with E-state index in [1.807, 2.05) is 17.5 Å². The fourth-order valence-corrected chi connectivity index (χ4v) is 4.07. The van der Waals surface area contributed by atoms with E-state index >= 15 is 0 Å². The highest BCUT2D eigenvalue weighted by Gasteiger charge is 2.13. The standard InChI is InChI=1S/C18H13N3O4S2/c1-10(22)25-12-6-5-11(8-13(12)24-2)9-15-17(23)21-18(27-15)19-16(20-21)14-4-3-7-26-14/h3-9H,1-2H3. The van der Waals surface area contributed by atoms with E-state index in [0.29, 0.717) is 26.8 Å². The quantitative estimate of drug-likeness (QED) is 0.387. The van der Waals surface area contributed by atoms with Crippen molar-refractivity contribution in [2.75, 3.05) is 7.11 Å². The van der Waals surface area contributed by atoms with Gasteiger partial charge in [-0.2, -0.15) is 9.50 Å². The molecule has 0 saturated carbocycles. The summed E-state index contributed by atoms with van der Waals surface area (Å²) in [6, 6.07) is 8.90. The maximum absolute atomic E-state index is 12.6. The smallest absolute Gasteiger partial charge is 0.308 e. The van der Waals surface area contributed by atoms with E-state index in [9.17, 15) is 9.59 Å². The van der Waals surface area contributed by atoms with Gasteiger partial charge in [-0.3, -0.25) is 9.59 Å². The normalized spacial score (nSPS) is 11.9. The second-order valence-electron chi connectivity index (χ2n) is 5.53. The summed E-state index contributed by atoms with van der Waals surface area (Å²) in [7, 11) is 1.49. The lowest BCUT2D eigenvalue weighted by Crippen LogP contribution is -2.23. The van der Waals surface area contributed by atoms with Crippen LogP contribution in [0.15, 0.2) is 40.5 Å². The van der Waals surface area contributed by atoms with Crippen molar-refractivity contribution in [3.63, 3.8) is 0 Å². The Bertz CT molecular complexity index is 1240. The van der Waals surface area contributed by atoms with E-state index in [1.54, 1.807) is 24.3 Å². The van der Waals surface area contributed by atoms with Gasteiger partial charge < -0.3 is 9.47 Å². The molecule has 0 N–H and O–H groups in total. The van der Waals surface area contributed by atoms with Crippen LogP contribution in [0.4, 0.5) is 0 Å². The molecule has 3 aromatic heterocycles. The summed E-state index contributed by atoms with van der Waals surface area (Å²) in [5, 5.41) is 6.25. The third-order valence-corrected chi connectivity index (χ3v) is 5.49. The Morgan fingerprint density at radius 1 is 1.26 bits per heavy atom. The van der Waals surface area contributed by atoms with Crippen LogP contribution in [0, 0.1) is 0 Å². The summed E-state index contributed by atoms with van der Waals surface area (Å²) in [4.78, 5) is 29.7. The van der Waals surface area contributed by atoms with Crippen molar-refractivity contribution in [3.8, 4) is 22.2 Å². The molecule has 27 heavy (non-hydrogen) atoms. The van der Waals surface area contributed by atoms with Crippen LogP contribution in [-0.2, 0) is 4.79 Å². The predicted octanol–water partition coefficient (Wildman–Crippen LogP) is 2.36. The van der Waals surface area contributed by atoms with Crippen LogP contribution in [0.2, 0.25) is 0 Å². The molecule has 0 amide bonds. The zero-order valence-electron chi connectivity index (χ0n) is 14.3. The SMILES string of the molecule is COc1cc(C=c2sc3nc(-c4cccs4)nn3c2=O)ccc1OC(C)=O. The molecule has 0 aliphatic carbocycles. The number of fused-ring (bicyclic) bond motifs is 1. The van der Waals surface area contributed by atoms with Crippen LogP contribution in [0.5, 0.6) is 11.5 Å². The molecule has 0 saturated heterocycles. The lowest BCUT2D eigenvalue weighted by atomic mass is 10.2. The first-order valence-electron chi connectivity index (χ1n) is 7.87. The largest absolute Gasteiger partial charge is 0.493 e. The molecule has 0 bridgehead atoms. The van der Waals surface area contributed by atoms with Crippen molar-refractivity contribution < 1.29 is 14.3 Å². The van der Waals surface area contributed by atoms with Gasteiger partial charge in [-0.15, -0.1) is 16.4 Å². The highest BCUT2D eigenvalue weighted by Crippen LogP contribution is 2.28. The van der Waals surface area contributed by atoms with Crippen LogP contribution in [0.3, 0.4) is 0 Å². The Morgan fingerprint density at radius 3 is 2.78 bits per heavy atom. The molecule has 0 atom stereocenters. The van der Waals surface area contributed by atoms with Gasteiger partial charge in [0.05, 0.1) is 16.5 Å². The number of hydrogen-bond donors (Lipinski definition) is 0. The minimum Gasteiger partial charge on any atom is -0.493 e. The van der Waals surface area contributed by atoms with Gasteiger partial charge in [-0.1, -0.05) is 23.5 Å². The van der Waals surface area contributed by atoms with Crippen LogP contribution < -0.4 is 19.6 Å². The van der Waals surface area contributed by atoms with E-state index in [1.165, 1.54) is 41.2 Å². The summed E-state index contributed by atoms with van der Waals surface area (Å²) in [5.41, 5.74) is 0.510. The predicted molar refractivity (Wildman–Crippen MR) is 104 cm³/mol. The lowest BCUT2D eigenvalue weighted by Gasteiger charge is -2.08.